The van der Waals surface area contributed by atoms with E-state index in [-0.39, 0.29) is 12.6 Å². The monoisotopic (exact) mass is 289 g/mol. The first-order valence-electron chi connectivity index (χ1n) is 6.25. The van der Waals surface area contributed by atoms with Crippen LogP contribution in [0.25, 0.3) is 0 Å². The third-order valence-electron chi connectivity index (χ3n) is 3.07. The highest BCUT2D eigenvalue weighted by Gasteiger charge is 2.10. The SMILES string of the molecule is Cc1ccc(COC(=O)c2ccc(N)c(C)c2)c(Cl)c1. The number of ether oxygens (including phenoxy) is 1. The fraction of sp³-hybridized carbons (Fsp3) is 0.188. The number of anilines is 1. The van der Waals surface area contributed by atoms with Crippen LogP contribution in [0.5, 0.6) is 0 Å². The van der Waals surface area contributed by atoms with Gasteiger partial charge in [-0.2, -0.15) is 0 Å². The summed E-state index contributed by atoms with van der Waals surface area (Å²) in [6.45, 7) is 3.96. The number of carbonyl (C=O) groups excluding carboxylic acids is 1. The zero-order chi connectivity index (χ0) is 14.7. The normalized spacial score (nSPS) is 10.3. The van der Waals surface area contributed by atoms with Gasteiger partial charge in [-0.15, -0.1) is 0 Å². The lowest BCUT2D eigenvalue weighted by molar-refractivity contribution is 0.0473. The fourth-order valence-corrected chi connectivity index (χ4v) is 2.09. The molecule has 104 valence electrons. The third-order valence-corrected chi connectivity index (χ3v) is 3.42. The zero-order valence-electron chi connectivity index (χ0n) is 11.4. The highest BCUT2D eigenvalue weighted by Crippen LogP contribution is 2.19. The van der Waals surface area contributed by atoms with Crippen LogP contribution in [0.4, 0.5) is 5.69 Å². The molecular formula is C16H16ClNO2. The van der Waals surface area contributed by atoms with Crippen molar-refractivity contribution in [2.24, 2.45) is 0 Å². The third kappa shape index (κ3) is 3.31. The Balaban J connectivity index is 2.06. The molecule has 3 nitrogen and oxygen atoms in total. The van der Waals surface area contributed by atoms with Crippen molar-refractivity contribution in [2.75, 3.05) is 5.73 Å². The van der Waals surface area contributed by atoms with Crippen molar-refractivity contribution >= 4 is 23.3 Å². The molecule has 0 aromatic heterocycles. The van der Waals surface area contributed by atoms with Crippen LogP contribution in [-0.2, 0) is 11.3 Å². The summed E-state index contributed by atoms with van der Waals surface area (Å²) < 4.78 is 5.27. The van der Waals surface area contributed by atoms with Crippen molar-refractivity contribution in [3.05, 3.63) is 63.7 Å². The lowest BCUT2D eigenvalue weighted by atomic mass is 10.1. The van der Waals surface area contributed by atoms with Crippen LogP contribution in [0.3, 0.4) is 0 Å². The van der Waals surface area contributed by atoms with Crippen LogP contribution in [0, 0.1) is 13.8 Å². The van der Waals surface area contributed by atoms with Gasteiger partial charge in [-0.25, -0.2) is 4.79 Å². The summed E-state index contributed by atoms with van der Waals surface area (Å²) in [6, 6.07) is 10.7. The Morgan fingerprint density at radius 2 is 1.95 bits per heavy atom. The van der Waals surface area contributed by atoms with Gasteiger partial charge < -0.3 is 10.5 Å². The Labute approximate surface area is 123 Å². The van der Waals surface area contributed by atoms with E-state index < -0.39 is 0 Å². The largest absolute Gasteiger partial charge is 0.457 e. The van der Waals surface area contributed by atoms with Crippen LogP contribution in [0.1, 0.15) is 27.0 Å². The van der Waals surface area contributed by atoms with Gasteiger partial charge in [0, 0.05) is 16.3 Å². The van der Waals surface area contributed by atoms with Crippen LogP contribution in [-0.4, -0.2) is 5.97 Å². The first-order chi connectivity index (χ1) is 9.47. The van der Waals surface area contributed by atoms with Crippen molar-refractivity contribution in [1.82, 2.24) is 0 Å². The molecular weight excluding hydrogens is 274 g/mol. The average Bonchev–Trinajstić information content (AvgIpc) is 2.40. The number of rotatable bonds is 3. The summed E-state index contributed by atoms with van der Waals surface area (Å²) in [6.07, 6.45) is 0. The minimum Gasteiger partial charge on any atom is -0.457 e. The molecule has 4 heteroatoms. The molecule has 0 amide bonds. The molecule has 0 saturated heterocycles. The van der Waals surface area contributed by atoms with Crippen molar-refractivity contribution in [2.45, 2.75) is 20.5 Å². The Morgan fingerprint density at radius 1 is 1.20 bits per heavy atom. The Kier molecular flexibility index (Phi) is 4.30. The summed E-state index contributed by atoms with van der Waals surface area (Å²) in [5.41, 5.74) is 9.57. The number of nitrogen functional groups attached to an aromatic ring is 1. The summed E-state index contributed by atoms with van der Waals surface area (Å²) in [5.74, 6) is -0.384. The molecule has 0 atom stereocenters. The van der Waals surface area contributed by atoms with Crippen LogP contribution < -0.4 is 5.73 Å². The van der Waals surface area contributed by atoms with E-state index in [2.05, 4.69) is 0 Å². The predicted molar refractivity (Wildman–Crippen MR) is 80.9 cm³/mol. The summed E-state index contributed by atoms with van der Waals surface area (Å²) in [7, 11) is 0. The van der Waals surface area contributed by atoms with Gasteiger partial charge in [0.25, 0.3) is 0 Å². The molecule has 0 aliphatic rings. The van der Waals surface area contributed by atoms with Gasteiger partial charge in [-0.1, -0.05) is 23.7 Å². The second-order valence-electron chi connectivity index (χ2n) is 4.74. The van der Waals surface area contributed by atoms with Crippen LogP contribution >= 0.6 is 11.6 Å². The smallest absolute Gasteiger partial charge is 0.338 e. The van der Waals surface area contributed by atoms with Crippen molar-refractivity contribution < 1.29 is 9.53 Å². The van der Waals surface area contributed by atoms with Crippen molar-refractivity contribution in [3.63, 3.8) is 0 Å². The highest BCUT2D eigenvalue weighted by atomic mass is 35.5. The van der Waals surface area contributed by atoms with E-state index in [0.717, 1.165) is 16.7 Å². The molecule has 0 bridgehead atoms. The van der Waals surface area contributed by atoms with E-state index in [0.29, 0.717) is 16.3 Å². The van der Waals surface area contributed by atoms with Gasteiger partial charge in [0.15, 0.2) is 0 Å². The summed E-state index contributed by atoms with van der Waals surface area (Å²) in [5, 5.41) is 0.603. The first kappa shape index (κ1) is 14.4. The summed E-state index contributed by atoms with van der Waals surface area (Å²) in [4.78, 5) is 12.0. The number of hydrogen-bond acceptors (Lipinski definition) is 3. The molecule has 20 heavy (non-hydrogen) atoms. The number of nitrogens with two attached hydrogens (primary N) is 1. The zero-order valence-corrected chi connectivity index (χ0v) is 12.2. The topological polar surface area (TPSA) is 52.3 Å². The van der Waals surface area contributed by atoms with Gasteiger partial charge in [-0.3, -0.25) is 0 Å². The molecule has 0 spiro atoms. The van der Waals surface area contributed by atoms with Crippen LogP contribution in [0.15, 0.2) is 36.4 Å². The number of benzene rings is 2. The molecule has 0 unspecified atom stereocenters. The lowest BCUT2D eigenvalue weighted by Crippen LogP contribution is -2.06. The number of carbonyl (C=O) groups is 1. The molecule has 0 heterocycles. The Morgan fingerprint density at radius 3 is 2.60 bits per heavy atom. The molecule has 2 aromatic carbocycles. The van der Waals surface area contributed by atoms with E-state index in [9.17, 15) is 4.79 Å². The van der Waals surface area contributed by atoms with Gasteiger partial charge in [0.05, 0.1) is 5.56 Å². The van der Waals surface area contributed by atoms with E-state index in [4.69, 9.17) is 22.1 Å². The first-order valence-corrected chi connectivity index (χ1v) is 6.63. The maximum Gasteiger partial charge on any atom is 0.338 e. The van der Waals surface area contributed by atoms with Gasteiger partial charge in [-0.05, 0) is 49.2 Å². The maximum atomic E-state index is 12.0. The second kappa shape index (κ2) is 5.97. The number of aryl methyl sites for hydroxylation is 2. The number of halogens is 1. The van der Waals surface area contributed by atoms with E-state index in [1.807, 2.05) is 32.0 Å². The molecule has 0 aliphatic heterocycles. The highest BCUT2D eigenvalue weighted by molar-refractivity contribution is 6.31. The minimum absolute atomic E-state index is 0.154. The van der Waals surface area contributed by atoms with Gasteiger partial charge in [0.2, 0.25) is 0 Å². The molecule has 2 aromatic rings. The average molecular weight is 290 g/mol. The molecule has 0 radical (unpaired) electrons. The minimum atomic E-state index is -0.384. The summed E-state index contributed by atoms with van der Waals surface area (Å²) >= 11 is 6.10. The second-order valence-corrected chi connectivity index (χ2v) is 5.15. The molecule has 0 saturated carbocycles. The van der Waals surface area contributed by atoms with Crippen molar-refractivity contribution in [1.29, 1.82) is 0 Å². The molecule has 2 rings (SSSR count). The van der Waals surface area contributed by atoms with E-state index in [1.165, 1.54) is 0 Å². The van der Waals surface area contributed by atoms with Crippen LogP contribution in [0.2, 0.25) is 5.02 Å². The quantitative estimate of drug-likeness (QED) is 0.689. The molecule has 0 aliphatic carbocycles. The van der Waals surface area contributed by atoms with E-state index in [1.54, 1.807) is 18.2 Å². The lowest BCUT2D eigenvalue weighted by Gasteiger charge is -2.08. The molecule has 0 fully saturated rings. The van der Waals surface area contributed by atoms with E-state index >= 15 is 0 Å². The predicted octanol–water partition coefficient (Wildman–Crippen LogP) is 3.90. The molecule has 2 N–H and O–H groups in total. The van der Waals surface area contributed by atoms with Crippen molar-refractivity contribution in [3.8, 4) is 0 Å². The fourth-order valence-electron chi connectivity index (χ4n) is 1.80. The van der Waals surface area contributed by atoms with Gasteiger partial charge in [0.1, 0.15) is 6.61 Å². The Hall–Kier alpha value is -2.00. The standard InChI is InChI=1S/C16H16ClNO2/c1-10-3-4-13(14(17)7-10)9-20-16(19)12-5-6-15(18)11(2)8-12/h3-8H,9,18H2,1-2H3. The van der Waals surface area contributed by atoms with Gasteiger partial charge >= 0.3 is 5.97 Å². The Bertz CT molecular complexity index is 653. The number of esters is 1. The number of hydrogen-bond donors (Lipinski definition) is 1. The maximum absolute atomic E-state index is 12.0.